The molecule has 0 N–H and O–H groups in total. The van der Waals surface area contributed by atoms with Crippen molar-refractivity contribution in [3.8, 4) is 0 Å². The molecule has 0 aromatic rings. The maximum atomic E-state index is 12.4. The average Bonchev–Trinajstić information content (AvgIpc) is 3.08. The van der Waals surface area contributed by atoms with Crippen LogP contribution in [0.5, 0.6) is 0 Å². The Morgan fingerprint density at radius 1 is 0.917 bits per heavy atom. The number of nitrogens with zero attached hydrogens (tertiary/aromatic N) is 2. The van der Waals surface area contributed by atoms with Gasteiger partial charge in [-0.25, -0.2) is 9.80 Å². The Bertz CT molecular complexity index is 598. The van der Waals surface area contributed by atoms with Crippen LogP contribution in [0.3, 0.4) is 0 Å². The van der Waals surface area contributed by atoms with Crippen LogP contribution >= 0.6 is 0 Å². The third-order valence-electron chi connectivity index (χ3n) is 4.54. The second-order valence-electron chi connectivity index (χ2n) is 6.14. The van der Waals surface area contributed by atoms with Crippen LogP contribution in [0, 0.1) is 5.92 Å². The molecule has 0 aromatic carbocycles. The first-order valence-corrected chi connectivity index (χ1v) is 8.09. The minimum Gasteiger partial charge on any atom is -0.421 e. The van der Waals surface area contributed by atoms with Gasteiger partial charge in [-0.1, -0.05) is 19.3 Å². The Labute approximate surface area is 138 Å². The molecule has 4 amide bonds. The van der Waals surface area contributed by atoms with E-state index in [0.29, 0.717) is 22.6 Å². The predicted molar refractivity (Wildman–Crippen MR) is 78.5 cm³/mol. The molecule has 8 heteroatoms. The van der Waals surface area contributed by atoms with Crippen LogP contribution in [0.4, 0.5) is 0 Å². The molecule has 24 heavy (non-hydrogen) atoms. The van der Waals surface area contributed by atoms with Gasteiger partial charge in [-0.3, -0.25) is 24.0 Å². The van der Waals surface area contributed by atoms with Crippen molar-refractivity contribution in [1.29, 1.82) is 0 Å². The second-order valence-corrected chi connectivity index (χ2v) is 6.14. The molecular weight excluding hydrogens is 316 g/mol. The Morgan fingerprint density at radius 2 is 1.46 bits per heavy atom. The maximum Gasteiger partial charge on any atom is 0.312 e. The molecule has 8 nitrogen and oxygen atoms in total. The van der Waals surface area contributed by atoms with Crippen LogP contribution in [-0.4, -0.2) is 45.7 Å². The van der Waals surface area contributed by atoms with E-state index in [1.807, 2.05) is 0 Å². The highest BCUT2D eigenvalue weighted by Gasteiger charge is 2.45. The monoisotopic (exact) mass is 334 g/mol. The van der Waals surface area contributed by atoms with E-state index in [4.69, 9.17) is 4.74 Å². The van der Waals surface area contributed by atoms with Gasteiger partial charge in [0.05, 0.1) is 5.92 Å². The van der Waals surface area contributed by atoms with Gasteiger partial charge in [0.15, 0.2) is 0 Å². The third-order valence-corrected chi connectivity index (χ3v) is 4.54. The fourth-order valence-corrected chi connectivity index (χ4v) is 3.23. The molecule has 2 aliphatic heterocycles. The van der Waals surface area contributed by atoms with Gasteiger partial charge in [0, 0.05) is 25.0 Å². The van der Waals surface area contributed by atoms with Crippen molar-refractivity contribution in [2.75, 3.05) is 0 Å². The van der Waals surface area contributed by atoms with Gasteiger partial charge in [0.2, 0.25) is 11.8 Å². The Balaban J connectivity index is 1.83. The number of likely N-dealkylation sites (tertiary alicyclic amines) is 1. The van der Waals surface area contributed by atoms with Gasteiger partial charge in [0.25, 0.3) is 18.2 Å². The van der Waals surface area contributed by atoms with Crippen molar-refractivity contribution in [3.63, 3.8) is 0 Å². The normalized spacial score (nSPS) is 23.3. The standard InChI is InChI=1S/C16H18N2O6/c19-11-6-7-12(20)17(11)16(18-13(21)8-9-14(18)22)24-15(23)10-4-2-1-3-5-10/h6-7,10,16H,1-5,8-9H2/t16-/m1/s1. The molecule has 3 aliphatic rings. The predicted octanol–water partition coefficient (Wildman–Crippen LogP) is 0.467. The van der Waals surface area contributed by atoms with E-state index in [9.17, 15) is 24.0 Å². The molecule has 1 atom stereocenters. The van der Waals surface area contributed by atoms with E-state index in [0.717, 1.165) is 31.4 Å². The zero-order valence-electron chi connectivity index (χ0n) is 13.1. The molecule has 0 unspecified atom stereocenters. The lowest BCUT2D eigenvalue weighted by atomic mass is 9.89. The van der Waals surface area contributed by atoms with E-state index in [2.05, 4.69) is 0 Å². The number of hydrogen-bond donors (Lipinski definition) is 0. The first-order valence-electron chi connectivity index (χ1n) is 8.09. The highest BCUT2D eigenvalue weighted by molar-refractivity contribution is 6.14. The number of rotatable bonds is 4. The molecule has 0 spiro atoms. The number of carbonyl (C=O) groups is 5. The van der Waals surface area contributed by atoms with Crippen molar-refractivity contribution < 1.29 is 28.7 Å². The Morgan fingerprint density at radius 3 is 2.00 bits per heavy atom. The number of esters is 1. The van der Waals surface area contributed by atoms with E-state index < -0.39 is 35.9 Å². The summed E-state index contributed by atoms with van der Waals surface area (Å²) in [6.45, 7) is 0. The number of ether oxygens (including phenoxy) is 1. The van der Waals surface area contributed by atoms with Crippen LogP contribution in [0.25, 0.3) is 0 Å². The van der Waals surface area contributed by atoms with Gasteiger partial charge >= 0.3 is 5.97 Å². The molecule has 2 fully saturated rings. The van der Waals surface area contributed by atoms with Gasteiger partial charge in [-0.05, 0) is 12.8 Å². The van der Waals surface area contributed by atoms with Crippen molar-refractivity contribution in [2.45, 2.75) is 51.3 Å². The van der Waals surface area contributed by atoms with Gasteiger partial charge in [-0.2, -0.15) is 0 Å². The summed E-state index contributed by atoms with van der Waals surface area (Å²) in [4.78, 5) is 61.6. The molecule has 1 saturated heterocycles. The zero-order chi connectivity index (χ0) is 17.3. The number of imide groups is 2. The highest BCUT2D eigenvalue weighted by Crippen LogP contribution is 2.27. The van der Waals surface area contributed by atoms with Crippen LogP contribution in [0.2, 0.25) is 0 Å². The SMILES string of the molecule is O=C(O[C@H](N1C(=O)C=CC1=O)N1C(=O)CCC1=O)C1CCCCC1. The van der Waals surface area contributed by atoms with E-state index in [-0.39, 0.29) is 18.8 Å². The summed E-state index contributed by atoms with van der Waals surface area (Å²) < 4.78 is 5.33. The van der Waals surface area contributed by atoms with Crippen molar-refractivity contribution in [3.05, 3.63) is 12.2 Å². The highest BCUT2D eigenvalue weighted by atomic mass is 16.6. The minimum atomic E-state index is -1.63. The van der Waals surface area contributed by atoms with Crippen molar-refractivity contribution in [2.24, 2.45) is 5.92 Å². The molecule has 0 radical (unpaired) electrons. The first-order chi connectivity index (χ1) is 11.5. The topological polar surface area (TPSA) is 101 Å². The maximum absolute atomic E-state index is 12.4. The largest absolute Gasteiger partial charge is 0.421 e. The third kappa shape index (κ3) is 2.95. The fourth-order valence-electron chi connectivity index (χ4n) is 3.23. The number of hydrogen-bond acceptors (Lipinski definition) is 6. The van der Waals surface area contributed by atoms with E-state index >= 15 is 0 Å². The Hall–Kier alpha value is -2.51. The molecule has 1 saturated carbocycles. The quantitative estimate of drug-likeness (QED) is 0.547. The van der Waals surface area contributed by atoms with Gasteiger partial charge in [0.1, 0.15) is 0 Å². The summed E-state index contributed by atoms with van der Waals surface area (Å²) in [7, 11) is 0. The summed E-state index contributed by atoms with van der Waals surface area (Å²) in [6, 6.07) is 0. The van der Waals surface area contributed by atoms with Crippen LogP contribution < -0.4 is 0 Å². The molecule has 1 aliphatic carbocycles. The minimum absolute atomic E-state index is 0.0278. The molecular formula is C16H18N2O6. The van der Waals surface area contributed by atoms with Crippen molar-refractivity contribution >= 4 is 29.6 Å². The average molecular weight is 334 g/mol. The lowest BCUT2D eigenvalue weighted by Crippen LogP contribution is -2.55. The molecule has 0 bridgehead atoms. The lowest BCUT2D eigenvalue weighted by Gasteiger charge is -2.33. The zero-order valence-corrected chi connectivity index (χ0v) is 13.1. The van der Waals surface area contributed by atoms with E-state index in [1.54, 1.807) is 0 Å². The van der Waals surface area contributed by atoms with Crippen LogP contribution in [0.15, 0.2) is 12.2 Å². The molecule has 2 heterocycles. The molecule has 128 valence electrons. The lowest BCUT2D eigenvalue weighted by molar-refractivity contribution is -0.192. The first kappa shape index (κ1) is 16.4. The van der Waals surface area contributed by atoms with Gasteiger partial charge < -0.3 is 4.74 Å². The van der Waals surface area contributed by atoms with Gasteiger partial charge in [-0.15, -0.1) is 0 Å². The summed E-state index contributed by atoms with van der Waals surface area (Å²) in [5.74, 6) is -3.47. The second kappa shape index (κ2) is 6.54. The summed E-state index contributed by atoms with van der Waals surface area (Å²) in [5, 5.41) is 0. The summed E-state index contributed by atoms with van der Waals surface area (Å²) >= 11 is 0. The summed E-state index contributed by atoms with van der Waals surface area (Å²) in [5.41, 5.74) is 0. The number of amides is 4. The van der Waals surface area contributed by atoms with E-state index in [1.165, 1.54) is 0 Å². The summed E-state index contributed by atoms with van der Waals surface area (Å²) in [6.07, 6.45) is 4.52. The van der Waals surface area contributed by atoms with Crippen molar-refractivity contribution in [1.82, 2.24) is 9.80 Å². The number of carbonyl (C=O) groups excluding carboxylic acids is 5. The fraction of sp³-hybridized carbons (Fsp3) is 0.562. The van der Waals surface area contributed by atoms with Crippen LogP contribution in [-0.2, 0) is 28.7 Å². The molecule has 0 aromatic heterocycles. The molecule has 3 rings (SSSR count). The Kier molecular flexibility index (Phi) is 4.46. The van der Waals surface area contributed by atoms with Crippen LogP contribution in [0.1, 0.15) is 44.9 Å². The smallest absolute Gasteiger partial charge is 0.312 e.